The van der Waals surface area contributed by atoms with Gasteiger partial charge in [-0.15, -0.1) is 0 Å². The van der Waals surface area contributed by atoms with Crippen LogP contribution in [-0.4, -0.2) is 61.1 Å². The molecule has 0 saturated heterocycles. The van der Waals surface area contributed by atoms with Crippen LogP contribution < -0.4 is 0 Å². The van der Waals surface area contributed by atoms with Crippen LogP contribution in [0.1, 0.15) is 63.9 Å². The second-order valence-corrected chi connectivity index (χ2v) is 9.86. The molecule has 2 atom stereocenters. The highest BCUT2D eigenvalue weighted by atomic mass is 32.2. The summed E-state index contributed by atoms with van der Waals surface area (Å²) in [5.41, 5.74) is 1.24. The summed E-state index contributed by atoms with van der Waals surface area (Å²) in [6, 6.07) is 10.2. The van der Waals surface area contributed by atoms with Crippen molar-refractivity contribution in [3.05, 3.63) is 35.9 Å². The molecule has 1 aromatic carbocycles. The van der Waals surface area contributed by atoms with Crippen molar-refractivity contribution in [1.82, 2.24) is 0 Å². The van der Waals surface area contributed by atoms with Gasteiger partial charge in [0.25, 0.3) is 10.1 Å². The summed E-state index contributed by atoms with van der Waals surface area (Å²) in [5, 5.41) is 10.2. The zero-order valence-corrected chi connectivity index (χ0v) is 18.5. The summed E-state index contributed by atoms with van der Waals surface area (Å²) in [5.74, 6) is -0.594. The molecule has 0 amide bonds. The Hall–Kier alpha value is -0.950. The molecule has 2 unspecified atom stereocenters. The first kappa shape index (κ1) is 25.1. The Morgan fingerprint density at radius 2 is 1.50 bits per heavy atom. The second kappa shape index (κ2) is 13.3. The van der Waals surface area contributed by atoms with Gasteiger partial charge in [0, 0.05) is 6.42 Å². The van der Waals surface area contributed by atoms with E-state index in [1.165, 1.54) is 50.5 Å². The number of aliphatic hydroxyl groups is 1. The molecular formula is C22H40NO4S+. The van der Waals surface area contributed by atoms with Crippen molar-refractivity contribution in [2.75, 3.05) is 32.4 Å². The zero-order chi connectivity index (χ0) is 20.9. The Morgan fingerprint density at radius 3 is 2.07 bits per heavy atom. The molecule has 1 rings (SSSR count). The van der Waals surface area contributed by atoms with E-state index in [0.29, 0.717) is 11.0 Å². The summed E-state index contributed by atoms with van der Waals surface area (Å²) in [7, 11) is -2.08. The third-order valence-electron chi connectivity index (χ3n) is 5.39. The van der Waals surface area contributed by atoms with Crippen LogP contribution in [0.4, 0.5) is 0 Å². The maximum atomic E-state index is 11.1. The average molecular weight is 415 g/mol. The van der Waals surface area contributed by atoms with E-state index in [2.05, 4.69) is 26.1 Å². The minimum absolute atomic E-state index is 0.336. The van der Waals surface area contributed by atoms with E-state index in [9.17, 15) is 13.5 Å². The summed E-state index contributed by atoms with van der Waals surface area (Å²) in [6.07, 6.45) is 9.79. The number of likely N-dealkylation sites (N-methyl/N-ethyl adjacent to an activating group) is 1. The van der Waals surface area contributed by atoms with Gasteiger partial charge in [0.05, 0.1) is 20.1 Å². The first-order valence-corrected chi connectivity index (χ1v) is 12.4. The Bertz CT molecular complexity index is 621. The summed E-state index contributed by atoms with van der Waals surface area (Å²) < 4.78 is 31.9. The van der Waals surface area contributed by atoms with E-state index < -0.39 is 22.0 Å². The molecule has 0 fully saturated rings. The van der Waals surface area contributed by atoms with Gasteiger partial charge in [-0.2, -0.15) is 8.42 Å². The third kappa shape index (κ3) is 12.5. The predicted octanol–water partition coefficient (Wildman–Crippen LogP) is 4.07. The highest BCUT2D eigenvalue weighted by molar-refractivity contribution is 7.85. The van der Waals surface area contributed by atoms with E-state index in [-0.39, 0.29) is 0 Å². The van der Waals surface area contributed by atoms with Crippen molar-refractivity contribution in [3.63, 3.8) is 0 Å². The van der Waals surface area contributed by atoms with E-state index in [1.54, 1.807) is 0 Å². The number of hydrogen-bond acceptors (Lipinski definition) is 3. The summed E-state index contributed by atoms with van der Waals surface area (Å²) in [4.78, 5) is 0. The molecule has 0 aliphatic heterocycles. The van der Waals surface area contributed by atoms with Gasteiger partial charge in [-0.1, -0.05) is 75.8 Å². The lowest BCUT2D eigenvalue weighted by molar-refractivity contribution is -0.912. The number of nitrogens with zero attached hydrogens (tertiary/aromatic N) is 1. The molecule has 28 heavy (non-hydrogen) atoms. The van der Waals surface area contributed by atoms with Crippen molar-refractivity contribution < 1.29 is 22.6 Å². The van der Waals surface area contributed by atoms with Crippen molar-refractivity contribution >= 4 is 10.1 Å². The van der Waals surface area contributed by atoms with Crippen LogP contribution in [0.25, 0.3) is 0 Å². The topological polar surface area (TPSA) is 74.6 Å². The number of benzene rings is 1. The Balaban J connectivity index is 2.51. The fraction of sp³-hybridized carbons (Fsp3) is 0.727. The van der Waals surface area contributed by atoms with Crippen LogP contribution in [0.2, 0.25) is 0 Å². The van der Waals surface area contributed by atoms with Crippen molar-refractivity contribution in [2.24, 2.45) is 0 Å². The molecule has 0 radical (unpaired) electrons. The number of hydrogen-bond donors (Lipinski definition) is 2. The number of quaternary nitrogens is 1. The van der Waals surface area contributed by atoms with Gasteiger partial charge in [-0.25, -0.2) is 0 Å². The lowest BCUT2D eigenvalue weighted by atomic mass is 10.1. The Labute approximate surface area is 172 Å². The minimum atomic E-state index is -4.16. The largest absolute Gasteiger partial charge is 0.386 e. The monoisotopic (exact) mass is 414 g/mol. The predicted molar refractivity (Wildman–Crippen MR) is 116 cm³/mol. The lowest BCUT2D eigenvalue weighted by Crippen LogP contribution is -2.52. The first-order valence-electron chi connectivity index (χ1n) is 10.7. The molecule has 0 aliphatic rings. The fourth-order valence-corrected chi connectivity index (χ4v) is 4.36. The molecule has 6 heteroatoms. The van der Waals surface area contributed by atoms with E-state index in [1.807, 2.05) is 18.2 Å². The molecule has 0 heterocycles. The van der Waals surface area contributed by atoms with Gasteiger partial charge in [-0.05, 0) is 18.4 Å². The normalized spacial score (nSPS) is 15.3. The van der Waals surface area contributed by atoms with Crippen molar-refractivity contribution in [1.29, 1.82) is 0 Å². The molecule has 0 spiro atoms. The molecule has 0 aromatic heterocycles. The van der Waals surface area contributed by atoms with Crippen LogP contribution in [-0.2, 0) is 16.5 Å². The van der Waals surface area contributed by atoms with Gasteiger partial charge in [0.15, 0.2) is 0 Å². The molecule has 2 N–H and O–H groups in total. The number of rotatable bonds is 16. The maximum Gasteiger partial charge on any atom is 0.267 e. The molecule has 162 valence electrons. The van der Waals surface area contributed by atoms with Crippen LogP contribution in [0.15, 0.2) is 30.3 Å². The summed E-state index contributed by atoms with van der Waals surface area (Å²) >= 11 is 0. The first-order chi connectivity index (χ1) is 13.2. The molecule has 5 nitrogen and oxygen atoms in total. The van der Waals surface area contributed by atoms with Gasteiger partial charge < -0.3 is 9.59 Å². The van der Waals surface area contributed by atoms with Crippen LogP contribution in [0, 0.1) is 0 Å². The van der Waals surface area contributed by atoms with Gasteiger partial charge in [0.2, 0.25) is 0 Å². The quantitative estimate of drug-likeness (QED) is 0.243. The third-order valence-corrected chi connectivity index (χ3v) is 6.20. The fourth-order valence-electron chi connectivity index (χ4n) is 3.77. The van der Waals surface area contributed by atoms with E-state index in [0.717, 1.165) is 25.9 Å². The van der Waals surface area contributed by atoms with Crippen molar-refractivity contribution in [2.45, 2.75) is 70.8 Å². The SMILES string of the molecule is CCCCCCCCCC[N+](C)(CCc1ccccc1)CC(O)CS(=O)(=O)O. The molecule has 0 aliphatic carbocycles. The van der Waals surface area contributed by atoms with Crippen LogP contribution in [0.5, 0.6) is 0 Å². The molecular weight excluding hydrogens is 374 g/mol. The van der Waals surface area contributed by atoms with Gasteiger partial charge in [0.1, 0.15) is 18.4 Å². The Kier molecular flexibility index (Phi) is 11.9. The molecule has 0 bridgehead atoms. The van der Waals surface area contributed by atoms with Crippen molar-refractivity contribution in [3.8, 4) is 0 Å². The molecule has 0 saturated carbocycles. The summed E-state index contributed by atoms with van der Waals surface area (Å²) in [6.45, 7) is 4.31. The standard InChI is InChI=1S/C22H39NO4S/c1-3-4-5-6-7-8-9-13-17-23(2,19-22(24)20-28(25,26)27)18-16-21-14-11-10-12-15-21/h10-12,14-15,22,24H,3-9,13,16-20H2,1-2H3/p+1. The number of aliphatic hydroxyl groups excluding tert-OH is 1. The minimum Gasteiger partial charge on any atom is -0.386 e. The zero-order valence-electron chi connectivity index (χ0n) is 17.7. The smallest absolute Gasteiger partial charge is 0.267 e. The second-order valence-electron chi connectivity index (χ2n) is 8.36. The van der Waals surface area contributed by atoms with Crippen LogP contribution in [0.3, 0.4) is 0 Å². The highest BCUT2D eigenvalue weighted by Crippen LogP contribution is 2.14. The van der Waals surface area contributed by atoms with E-state index >= 15 is 0 Å². The maximum absolute atomic E-state index is 11.1. The average Bonchev–Trinajstić information content (AvgIpc) is 2.61. The van der Waals surface area contributed by atoms with Gasteiger partial charge >= 0.3 is 0 Å². The molecule has 1 aromatic rings. The van der Waals surface area contributed by atoms with Gasteiger partial charge in [-0.3, -0.25) is 4.55 Å². The van der Waals surface area contributed by atoms with Crippen LogP contribution >= 0.6 is 0 Å². The lowest BCUT2D eigenvalue weighted by Gasteiger charge is -2.36. The van der Waals surface area contributed by atoms with E-state index in [4.69, 9.17) is 4.55 Å². The Morgan fingerprint density at radius 1 is 0.929 bits per heavy atom. The number of unbranched alkanes of at least 4 members (excludes halogenated alkanes) is 7. The highest BCUT2D eigenvalue weighted by Gasteiger charge is 2.27.